The fraction of sp³-hybridized carbons (Fsp3) is 0.375. The number of benzene rings is 1. The van der Waals surface area contributed by atoms with E-state index in [0.29, 0.717) is 30.9 Å². The SMILES string of the molecule is C=CCOc1ccccc1C(=O)N1CCC(C)C1C(=O)O. The van der Waals surface area contributed by atoms with Crippen LogP contribution in [0.2, 0.25) is 0 Å². The quantitative estimate of drug-likeness (QED) is 0.844. The van der Waals surface area contributed by atoms with Crippen molar-refractivity contribution >= 4 is 11.9 Å². The molecule has 2 unspecified atom stereocenters. The van der Waals surface area contributed by atoms with Crippen molar-refractivity contribution in [2.24, 2.45) is 5.92 Å². The van der Waals surface area contributed by atoms with Crippen LogP contribution in [0.1, 0.15) is 23.7 Å². The number of nitrogens with zero attached hydrogens (tertiary/aromatic N) is 1. The first-order chi connectivity index (χ1) is 10.1. The Labute approximate surface area is 123 Å². The molecule has 1 N–H and O–H groups in total. The van der Waals surface area contributed by atoms with E-state index in [4.69, 9.17) is 4.74 Å². The fourth-order valence-corrected chi connectivity index (χ4v) is 2.62. The minimum atomic E-state index is -0.960. The summed E-state index contributed by atoms with van der Waals surface area (Å²) in [6, 6.07) is 6.10. The Morgan fingerprint density at radius 2 is 2.19 bits per heavy atom. The average Bonchev–Trinajstić information content (AvgIpc) is 2.86. The van der Waals surface area contributed by atoms with Gasteiger partial charge in [-0.15, -0.1) is 0 Å². The van der Waals surface area contributed by atoms with E-state index >= 15 is 0 Å². The third-order valence-electron chi connectivity index (χ3n) is 3.69. The number of amides is 1. The molecular weight excluding hydrogens is 270 g/mol. The van der Waals surface area contributed by atoms with Crippen molar-refractivity contribution in [3.05, 3.63) is 42.5 Å². The number of hydrogen-bond acceptors (Lipinski definition) is 3. The van der Waals surface area contributed by atoms with Crippen molar-refractivity contribution < 1.29 is 19.4 Å². The van der Waals surface area contributed by atoms with Gasteiger partial charge in [-0.3, -0.25) is 4.79 Å². The van der Waals surface area contributed by atoms with Crippen LogP contribution in [0.3, 0.4) is 0 Å². The van der Waals surface area contributed by atoms with Gasteiger partial charge in [0.25, 0.3) is 5.91 Å². The lowest BCUT2D eigenvalue weighted by molar-refractivity contribution is -0.142. The summed E-state index contributed by atoms with van der Waals surface area (Å²) < 4.78 is 5.48. The minimum absolute atomic E-state index is 0.0484. The summed E-state index contributed by atoms with van der Waals surface area (Å²) >= 11 is 0. The molecule has 1 aromatic carbocycles. The summed E-state index contributed by atoms with van der Waals surface area (Å²) in [6.07, 6.45) is 2.29. The first-order valence-corrected chi connectivity index (χ1v) is 6.92. The number of rotatable bonds is 5. The summed E-state index contributed by atoms with van der Waals surface area (Å²) in [5.74, 6) is -0.858. The zero-order chi connectivity index (χ0) is 15.4. The summed E-state index contributed by atoms with van der Waals surface area (Å²) in [5.41, 5.74) is 0.389. The maximum Gasteiger partial charge on any atom is 0.326 e. The van der Waals surface area contributed by atoms with E-state index in [9.17, 15) is 14.7 Å². The number of carboxylic acids is 1. The summed E-state index contributed by atoms with van der Waals surface area (Å²) in [7, 11) is 0. The van der Waals surface area contributed by atoms with E-state index in [1.807, 2.05) is 6.92 Å². The molecule has 1 heterocycles. The number of likely N-dealkylation sites (tertiary alicyclic amines) is 1. The van der Waals surface area contributed by atoms with E-state index in [0.717, 1.165) is 0 Å². The second-order valence-electron chi connectivity index (χ2n) is 5.14. The molecule has 1 aliphatic heterocycles. The molecule has 0 bridgehead atoms. The second kappa shape index (κ2) is 6.43. The molecule has 0 saturated carbocycles. The fourth-order valence-electron chi connectivity index (χ4n) is 2.62. The van der Waals surface area contributed by atoms with Crippen molar-refractivity contribution in [3.63, 3.8) is 0 Å². The van der Waals surface area contributed by atoms with Crippen molar-refractivity contribution in [2.45, 2.75) is 19.4 Å². The van der Waals surface area contributed by atoms with E-state index < -0.39 is 12.0 Å². The number of aliphatic carboxylic acids is 1. The molecule has 1 aliphatic rings. The predicted octanol–water partition coefficient (Wildman–Crippen LogP) is 2.19. The summed E-state index contributed by atoms with van der Waals surface area (Å²) in [5, 5.41) is 9.32. The molecule has 2 atom stereocenters. The van der Waals surface area contributed by atoms with Gasteiger partial charge in [-0.2, -0.15) is 0 Å². The summed E-state index contributed by atoms with van der Waals surface area (Å²) in [4.78, 5) is 25.4. The van der Waals surface area contributed by atoms with Gasteiger partial charge in [-0.1, -0.05) is 31.7 Å². The zero-order valence-electron chi connectivity index (χ0n) is 12.0. The van der Waals surface area contributed by atoms with Gasteiger partial charge in [-0.05, 0) is 24.5 Å². The standard InChI is InChI=1S/C16H19NO4/c1-3-10-21-13-7-5-4-6-12(13)15(18)17-9-8-11(2)14(17)16(19)20/h3-7,11,14H,1,8-10H2,2H3,(H,19,20). The highest BCUT2D eigenvalue weighted by molar-refractivity contribution is 5.99. The lowest BCUT2D eigenvalue weighted by atomic mass is 10.0. The Hall–Kier alpha value is -2.30. The smallest absolute Gasteiger partial charge is 0.326 e. The van der Waals surface area contributed by atoms with Crippen LogP contribution in [0.15, 0.2) is 36.9 Å². The van der Waals surface area contributed by atoms with Gasteiger partial charge in [0.1, 0.15) is 18.4 Å². The topological polar surface area (TPSA) is 66.8 Å². The molecule has 1 aromatic rings. The van der Waals surface area contributed by atoms with Crippen molar-refractivity contribution in [1.82, 2.24) is 4.90 Å². The third-order valence-corrected chi connectivity index (χ3v) is 3.69. The molecule has 5 nitrogen and oxygen atoms in total. The number of carbonyl (C=O) groups excluding carboxylic acids is 1. The van der Waals surface area contributed by atoms with Gasteiger partial charge >= 0.3 is 5.97 Å². The van der Waals surface area contributed by atoms with Gasteiger partial charge in [0.15, 0.2) is 0 Å². The van der Waals surface area contributed by atoms with Crippen LogP contribution in [0.25, 0.3) is 0 Å². The molecule has 0 aliphatic carbocycles. The molecule has 1 fully saturated rings. The first kappa shape index (κ1) is 15.1. The molecule has 2 rings (SSSR count). The van der Waals surface area contributed by atoms with Crippen molar-refractivity contribution in [3.8, 4) is 5.75 Å². The number of hydrogen-bond donors (Lipinski definition) is 1. The van der Waals surface area contributed by atoms with Gasteiger partial charge in [-0.25, -0.2) is 4.79 Å². The van der Waals surface area contributed by atoms with Crippen LogP contribution < -0.4 is 4.74 Å². The lowest BCUT2D eigenvalue weighted by Crippen LogP contribution is -2.42. The third kappa shape index (κ3) is 3.07. The van der Waals surface area contributed by atoms with Gasteiger partial charge < -0.3 is 14.7 Å². The van der Waals surface area contributed by atoms with Gasteiger partial charge in [0, 0.05) is 6.54 Å². The normalized spacial score (nSPS) is 21.1. The highest BCUT2D eigenvalue weighted by atomic mass is 16.5. The van der Waals surface area contributed by atoms with E-state index in [-0.39, 0.29) is 11.8 Å². The van der Waals surface area contributed by atoms with Crippen LogP contribution in [0, 0.1) is 5.92 Å². The lowest BCUT2D eigenvalue weighted by Gasteiger charge is -2.24. The minimum Gasteiger partial charge on any atom is -0.489 e. The Morgan fingerprint density at radius 3 is 2.86 bits per heavy atom. The van der Waals surface area contributed by atoms with Crippen LogP contribution in [-0.4, -0.2) is 41.1 Å². The zero-order valence-corrected chi connectivity index (χ0v) is 12.0. The molecule has 0 aromatic heterocycles. The first-order valence-electron chi connectivity index (χ1n) is 6.92. The average molecular weight is 289 g/mol. The number of carboxylic acid groups (broad SMARTS) is 1. The molecule has 1 amide bonds. The van der Waals surface area contributed by atoms with Crippen molar-refractivity contribution in [1.29, 1.82) is 0 Å². The molecular formula is C16H19NO4. The molecule has 21 heavy (non-hydrogen) atoms. The number of ether oxygens (including phenoxy) is 1. The van der Waals surface area contributed by atoms with Crippen molar-refractivity contribution in [2.75, 3.05) is 13.2 Å². The number of carbonyl (C=O) groups is 2. The monoisotopic (exact) mass is 289 g/mol. The second-order valence-corrected chi connectivity index (χ2v) is 5.14. The van der Waals surface area contributed by atoms with Crippen LogP contribution >= 0.6 is 0 Å². The molecule has 5 heteroatoms. The highest BCUT2D eigenvalue weighted by Crippen LogP contribution is 2.28. The largest absolute Gasteiger partial charge is 0.489 e. The van der Waals surface area contributed by atoms with Crippen LogP contribution in [0.4, 0.5) is 0 Å². The van der Waals surface area contributed by atoms with Crippen LogP contribution in [0.5, 0.6) is 5.75 Å². The maximum atomic E-state index is 12.6. The van der Waals surface area contributed by atoms with Crippen LogP contribution in [-0.2, 0) is 4.79 Å². The highest BCUT2D eigenvalue weighted by Gasteiger charge is 2.40. The molecule has 112 valence electrons. The molecule has 1 saturated heterocycles. The predicted molar refractivity (Wildman–Crippen MR) is 78.4 cm³/mol. The van der Waals surface area contributed by atoms with E-state index in [1.165, 1.54) is 4.90 Å². The maximum absolute atomic E-state index is 12.6. The Balaban J connectivity index is 2.27. The number of para-hydroxylation sites is 1. The van der Waals surface area contributed by atoms with Gasteiger partial charge in [0.05, 0.1) is 5.56 Å². The van der Waals surface area contributed by atoms with E-state index in [2.05, 4.69) is 6.58 Å². The molecule has 0 spiro atoms. The summed E-state index contributed by atoms with van der Waals surface area (Å²) in [6.45, 7) is 6.17. The Kier molecular flexibility index (Phi) is 4.62. The Bertz CT molecular complexity index is 555. The van der Waals surface area contributed by atoms with E-state index in [1.54, 1.807) is 30.3 Å². The van der Waals surface area contributed by atoms with Gasteiger partial charge in [0.2, 0.25) is 0 Å². The molecule has 0 radical (unpaired) electrons. The Morgan fingerprint density at radius 1 is 1.48 bits per heavy atom.